The molecule has 0 aliphatic carbocycles. The molecule has 0 unspecified atom stereocenters. The van der Waals surface area contributed by atoms with Crippen molar-refractivity contribution in [3.8, 4) is 0 Å². The molecule has 1 aromatic rings. The molecule has 3 heteroatoms. The molecule has 0 amide bonds. The van der Waals surface area contributed by atoms with Gasteiger partial charge in [-0.1, -0.05) is 12.1 Å². The number of anilines is 1. The van der Waals surface area contributed by atoms with Crippen LogP contribution in [0.2, 0.25) is 0 Å². The molecule has 16 heavy (non-hydrogen) atoms. The van der Waals surface area contributed by atoms with Crippen LogP contribution < -0.4 is 5.73 Å². The molecule has 88 valence electrons. The minimum atomic E-state index is 0.342. The first-order valence-electron chi connectivity index (χ1n) is 5.80. The van der Waals surface area contributed by atoms with Crippen LogP contribution in [-0.2, 0) is 16.1 Å². The summed E-state index contributed by atoms with van der Waals surface area (Å²) in [6.07, 6.45) is 2.34. The van der Waals surface area contributed by atoms with E-state index in [1.807, 2.05) is 19.1 Å². The Bertz CT molecular complexity index is 346. The van der Waals surface area contributed by atoms with Crippen molar-refractivity contribution in [2.75, 3.05) is 18.9 Å². The summed E-state index contributed by atoms with van der Waals surface area (Å²) in [5, 5.41) is 0. The average Bonchev–Trinajstić information content (AvgIpc) is 2.32. The van der Waals surface area contributed by atoms with E-state index in [-0.39, 0.29) is 0 Å². The van der Waals surface area contributed by atoms with Crippen LogP contribution in [0.4, 0.5) is 5.69 Å². The highest BCUT2D eigenvalue weighted by molar-refractivity contribution is 5.49. The van der Waals surface area contributed by atoms with Gasteiger partial charge in [-0.3, -0.25) is 0 Å². The second-order valence-corrected chi connectivity index (χ2v) is 4.25. The largest absolute Gasteiger partial charge is 0.399 e. The summed E-state index contributed by atoms with van der Waals surface area (Å²) in [4.78, 5) is 0. The van der Waals surface area contributed by atoms with E-state index in [0.29, 0.717) is 12.7 Å². The lowest BCUT2D eigenvalue weighted by atomic mass is 10.1. The van der Waals surface area contributed by atoms with E-state index in [2.05, 4.69) is 6.07 Å². The number of hydrogen-bond acceptors (Lipinski definition) is 3. The highest BCUT2D eigenvalue weighted by atomic mass is 16.5. The van der Waals surface area contributed by atoms with E-state index in [1.165, 1.54) is 5.56 Å². The summed E-state index contributed by atoms with van der Waals surface area (Å²) in [6.45, 7) is 4.33. The van der Waals surface area contributed by atoms with Gasteiger partial charge in [-0.25, -0.2) is 0 Å². The predicted molar refractivity (Wildman–Crippen MR) is 64.2 cm³/mol. The van der Waals surface area contributed by atoms with Crippen LogP contribution in [0, 0.1) is 6.92 Å². The Labute approximate surface area is 96.5 Å². The zero-order chi connectivity index (χ0) is 11.4. The Morgan fingerprint density at radius 3 is 2.88 bits per heavy atom. The zero-order valence-corrected chi connectivity index (χ0v) is 9.74. The van der Waals surface area contributed by atoms with Crippen LogP contribution in [-0.4, -0.2) is 19.3 Å². The van der Waals surface area contributed by atoms with E-state index in [0.717, 1.165) is 37.3 Å². The highest BCUT2D eigenvalue weighted by Gasteiger charge is 2.14. The third-order valence-electron chi connectivity index (χ3n) is 3.13. The molecule has 1 aliphatic rings. The van der Waals surface area contributed by atoms with Gasteiger partial charge < -0.3 is 15.2 Å². The topological polar surface area (TPSA) is 44.5 Å². The maximum atomic E-state index is 5.87. The molecule has 1 saturated heterocycles. The average molecular weight is 221 g/mol. The van der Waals surface area contributed by atoms with E-state index in [1.54, 1.807) is 0 Å². The zero-order valence-electron chi connectivity index (χ0n) is 9.74. The van der Waals surface area contributed by atoms with E-state index in [4.69, 9.17) is 15.2 Å². The molecule has 2 N–H and O–H groups in total. The lowest BCUT2D eigenvalue weighted by Crippen LogP contribution is -2.23. The third kappa shape index (κ3) is 2.74. The number of rotatable bonds is 3. The molecule has 0 spiro atoms. The van der Waals surface area contributed by atoms with Gasteiger partial charge in [0.2, 0.25) is 0 Å². The van der Waals surface area contributed by atoms with Gasteiger partial charge in [0.25, 0.3) is 0 Å². The van der Waals surface area contributed by atoms with E-state index >= 15 is 0 Å². The van der Waals surface area contributed by atoms with Crippen LogP contribution in [0.5, 0.6) is 0 Å². The summed E-state index contributed by atoms with van der Waals surface area (Å²) >= 11 is 0. The number of hydrogen-bond donors (Lipinski definition) is 1. The standard InChI is InChI=1S/C13H19NO2/c1-10-11(3-2-4-13(10)14)9-16-12-5-7-15-8-6-12/h2-4,12H,5-9,14H2,1H3. The summed E-state index contributed by atoms with van der Waals surface area (Å²) in [5.41, 5.74) is 9.02. The molecule has 1 aromatic carbocycles. The Morgan fingerprint density at radius 1 is 1.38 bits per heavy atom. The molecule has 0 saturated carbocycles. The molecule has 2 rings (SSSR count). The maximum Gasteiger partial charge on any atom is 0.0723 e. The Hall–Kier alpha value is -1.06. The van der Waals surface area contributed by atoms with Gasteiger partial charge in [0.05, 0.1) is 12.7 Å². The second kappa shape index (κ2) is 5.32. The Balaban J connectivity index is 1.91. The SMILES string of the molecule is Cc1c(N)cccc1COC1CCOCC1. The lowest BCUT2D eigenvalue weighted by molar-refractivity contribution is -0.0391. The van der Waals surface area contributed by atoms with Gasteiger partial charge in [-0.2, -0.15) is 0 Å². The van der Waals surface area contributed by atoms with Crippen molar-refractivity contribution in [3.63, 3.8) is 0 Å². The first-order chi connectivity index (χ1) is 7.77. The van der Waals surface area contributed by atoms with Gasteiger partial charge >= 0.3 is 0 Å². The number of ether oxygens (including phenoxy) is 2. The van der Waals surface area contributed by atoms with Crippen LogP contribution >= 0.6 is 0 Å². The molecule has 3 nitrogen and oxygen atoms in total. The molecule has 0 atom stereocenters. The fraction of sp³-hybridized carbons (Fsp3) is 0.538. The van der Waals surface area contributed by atoms with Gasteiger partial charge in [-0.15, -0.1) is 0 Å². The monoisotopic (exact) mass is 221 g/mol. The number of nitrogens with two attached hydrogens (primary N) is 1. The minimum absolute atomic E-state index is 0.342. The summed E-state index contributed by atoms with van der Waals surface area (Å²) in [6, 6.07) is 5.98. The molecule has 0 bridgehead atoms. The third-order valence-corrected chi connectivity index (χ3v) is 3.13. The maximum absolute atomic E-state index is 5.87. The highest BCUT2D eigenvalue weighted by Crippen LogP contribution is 2.19. The van der Waals surface area contributed by atoms with E-state index < -0.39 is 0 Å². The number of nitrogen functional groups attached to an aromatic ring is 1. The van der Waals surface area contributed by atoms with Crippen molar-refractivity contribution >= 4 is 5.69 Å². The number of benzene rings is 1. The molecular formula is C13H19NO2. The van der Waals surface area contributed by atoms with Gasteiger partial charge in [0.15, 0.2) is 0 Å². The van der Waals surface area contributed by atoms with Gasteiger partial charge in [-0.05, 0) is 37.0 Å². The van der Waals surface area contributed by atoms with Crippen molar-refractivity contribution in [1.29, 1.82) is 0 Å². The molecular weight excluding hydrogens is 202 g/mol. The smallest absolute Gasteiger partial charge is 0.0723 e. The molecule has 0 aromatic heterocycles. The quantitative estimate of drug-likeness (QED) is 0.796. The van der Waals surface area contributed by atoms with E-state index in [9.17, 15) is 0 Å². The first kappa shape index (κ1) is 11.4. The van der Waals surface area contributed by atoms with Crippen molar-refractivity contribution in [2.45, 2.75) is 32.5 Å². The Kier molecular flexibility index (Phi) is 3.80. The molecule has 0 radical (unpaired) electrons. The second-order valence-electron chi connectivity index (χ2n) is 4.25. The van der Waals surface area contributed by atoms with Crippen LogP contribution in [0.3, 0.4) is 0 Å². The molecule has 1 heterocycles. The normalized spacial score (nSPS) is 17.6. The summed E-state index contributed by atoms with van der Waals surface area (Å²) < 4.78 is 11.2. The lowest BCUT2D eigenvalue weighted by Gasteiger charge is -2.22. The van der Waals surface area contributed by atoms with Crippen molar-refractivity contribution < 1.29 is 9.47 Å². The van der Waals surface area contributed by atoms with Gasteiger partial charge in [0.1, 0.15) is 0 Å². The Morgan fingerprint density at radius 2 is 2.12 bits per heavy atom. The fourth-order valence-corrected chi connectivity index (χ4v) is 1.91. The first-order valence-corrected chi connectivity index (χ1v) is 5.80. The molecule has 1 aliphatic heterocycles. The van der Waals surface area contributed by atoms with Crippen molar-refractivity contribution in [1.82, 2.24) is 0 Å². The van der Waals surface area contributed by atoms with Crippen molar-refractivity contribution in [2.24, 2.45) is 0 Å². The molecule has 1 fully saturated rings. The van der Waals surface area contributed by atoms with Crippen LogP contribution in [0.15, 0.2) is 18.2 Å². The minimum Gasteiger partial charge on any atom is -0.399 e. The predicted octanol–water partition coefficient (Wildman–Crippen LogP) is 2.27. The fourth-order valence-electron chi connectivity index (χ4n) is 1.91. The summed E-state index contributed by atoms with van der Waals surface area (Å²) in [5.74, 6) is 0. The van der Waals surface area contributed by atoms with Gasteiger partial charge in [0, 0.05) is 18.9 Å². The van der Waals surface area contributed by atoms with Crippen LogP contribution in [0.25, 0.3) is 0 Å². The van der Waals surface area contributed by atoms with Crippen LogP contribution in [0.1, 0.15) is 24.0 Å². The summed E-state index contributed by atoms with van der Waals surface area (Å²) in [7, 11) is 0. The van der Waals surface area contributed by atoms with Crippen molar-refractivity contribution in [3.05, 3.63) is 29.3 Å².